The number of aromatic amines is 1. The molecule has 2 heterocycles. The second kappa shape index (κ2) is 7.97. The van der Waals surface area contributed by atoms with Crippen molar-refractivity contribution in [3.8, 4) is 11.3 Å². The van der Waals surface area contributed by atoms with E-state index in [1.54, 1.807) is 0 Å². The summed E-state index contributed by atoms with van der Waals surface area (Å²) in [5.41, 5.74) is 4.55. The Morgan fingerprint density at radius 1 is 1.58 bits per heavy atom. The summed E-state index contributed by atoms with van der Waals surface area (Å²) in [6.45, 7) is -1.11. The summed E-state index contributed by atoms with van der Waals surface area (Å²) in [5, 5.41) is 22.4. The Hall–Kier alpha value is -2.92. The first-order chi connectivity index (χ1) is 12.4. The minimum atomic E-state index is -2.23. The number of aromatic nitrogens is 2. The van der Waals surface area contributed by atoms with Crippen LogP contribution >= 0.6 is 0 Å². The Bertz CT molecular complexity index is 901. The van der Waals surface area contributed by atoms with Crippen molar-refractivity contribution >= 4 is 0 Å². The first-order valence-corrected chi connectivity index (χ1v) is 7.37. The average Bonchev–Trinajstić information content (AvgIpc) is 3.13. The topological polar surface area (TPSA) is 166 Å². The van der Waals surface area contributed by atoms with Gasteiger partial charge in [-0.3, -0.25) is 14.3 Å². The van der Waals surface area contributed by atoms with Crippen LogP contribution in [0.2, 0.25) is 0 Å². The van der Waals surface area contributed by atoms with Gasteiger partial charge in [-0.2, -0.15) is 0 Å². The van der Waals surface area contributed by atoms with Gasteiger partial charge in [0.1, 0.15) is 12.4 Å². The van der Waals surface area contributed by atoms with Crippen molar-refractivity contribution < 1.29 is 23.8 Å². The van der Waals surface area contributed by atoms with Gasteiger partial charge in [-0.25, -0.2) is 9.18 Å². The first kappa shape index (κ1) is 19.4. The van der Waals surface area contributed by atoms with Crippen molar-refractivity contribution in [2.45, 2.75) is 25.0 Å². The van der Waals surface area contributed by atoms with Crippen LogP contribution in [0.15, 0.2) is 43.7 Å². The normalized spacial score (nSPS) is 15.7. The fourth-order valence-electron chi connectivity index (χ4n) is 2.19. The maximum atomic E-state index is 13.6. The van der Waals surface area contributed by atoms with Crippen LogP contribution in [0.1, 0.15) is 13.2 Å². The van der Waals surface area contributed by atoms with Crippen molar-refractivity contribution in [2.75, 3.05) is 13.3 Å². The zero-order valence-electron chi connectivity index (χ0n) is 13.6. The number of hydrogen-bond acceptors (Lipinski definition) is 7. The van der Waals surface area contributed by atoms with Gasteiger partial charge < -0.3 is 19.4 Å². The second-order valence-corrected chi connectivity index (χ2v) is 5.28. The van der Waals surface area contributed by atoms with E-state index in [1.165, 1.54) is 18.4 Å². The summed E-state index contributed by atoms with van der Waals surface area (Å²) in [7, 11) is 0. The molecule has 0 saturated heterocycles. The third-order valence-corrected chi connectivity index (χ3v) is 3.63. The molecule has 12 heteroatoms. The molecule has 0 bridgehead atoms. The second-order valence-electron chi connectivity index (χ2n) is 5.28. The minimum absolute atomic E-state index is 0.0768. The summed E-state index contributed by atoms with van der Waals surface area (Å²) < 4.78 is 24.6. The molecule has 0 radical (unpaired) electrons. The highest BCUT2D eigenvalue weighted by molar-refractivity contribution is 5.54. The lowest BCUT2D eigenvalue weighted by Crippen LogP contribution is -2.48. The number of nitrogens with one attached hydrogen (secondary N) is 1. The van der Waals surface area contributed by atoms with E-state index in [-0.39, 0.29) is 11.3 Å². The van der Waals surface area contributed by atoms with E-state index in [0.717, 1.165) is 13.1 Å². The molecule has 0 amide bonds. The van der Waals surface area contributed by atoms with Gasteiger partial charge in [-0.15, -0.1) is 0 Å². The Kier molecular flexibility index (Phi) is 5.95. The third-order valence-electron chi connectivity index (χ3n) is 3.63. The zero-order valence-corrected chi connectivity index (χ0v) is 13.6. The number of aliphatic hydroxyl groups is 2. The van der Waals surface area contributed by atoms with Crippen LogP contribution in [0.5, 0.6) is 0 Å². The molecule has 0 spiro atoms. The molecule has 3 N–H and O–H groups in total. The highest BCUT2D eigenvalue weighted by Gasteiger charge is 2.39. The maximum absolute atomic E-state index is 13.6. The van der Waals surface area contributed by atoms with Gasteiger partial charge in [0.15, 0.2) is 12.0 Å². The molecule has 26 heavy (non-hydrogen) atoms. The van der Waals surface area contributed by atoms with Crippen LogP contribution < -0.4 is 11.2 Å². The summed E-state index contributed by atoms with van der Waals surface area (Å²) >= 11 is 0. The minimum Gasteiger partial charge on any atom is -0.464 e. The van der Waals surface area contributed by atoms with E-state index < -0.39 is 42.6 Å². The van der Waals surface area contributed by atoms with Gasteiger partial charge in [0.2, 0.25) is 0 Å². The largest absolute Gasteiger partial charge is 0.464 e. The molecule has 2 aromatic rings. The molecule has 11 nitrogen and oxygen atoms in total. The van der Waals surface area contributed by atoms with Crippen LogP contribution in [-0.2, 0) is 4.74 Å². The molecule has 0 fully saturated rings. The lowest BCUT2D eigenvalue weighted by Gasteiger charge is -2.33. The predicted molar refractivity (Wildman–Crippen MR) is 85.8 cm³/mol. The fraction of sp³-hybridized carbons (Fsp3) is 0.429. The van der Waals surface area contributed by atoms with Crippen molar-refractivity contribution in [3.63, 3.8) is 0 Å². The van der Waals surface area contributed by atoms with Crippen molar-refractivity contribution in [2.24, 2.45) is 5.11 Å². The van der Waals surface area contributed by atoms with Crippen LogP contribution in [0.25, 0.3) is 21.8 Å². The molecular weight excluding hydrogens is 353 g/mol. The number of halogens is 1. The summed E-state index contributed by atoms with van der Waals surface area (Å²) in [6, 6.07) is 2.97. The third kappa shape index (κ3) is 3.68. The Labute approximate surface area is 144 Å². The SMILES string of the molecule is C[C@@H](O)[C@](CO)(N=[N+]=[N-])O[C@H](CF)n1cc(-c2ccco2)c(=O)[nH]c1=O. The van der Waals surface area contributed by atoms with E-state index in [0.29, 0.717) is 4.57 Å². The van der Waals surface area contributed by atoms with E-state index in [2.05, 4.69) is 10.0 Å². The lowest BCUT2D eigenvalue weighted by molar-refractivity contribution is -0.193. The van der Waals surface area contributed by atoms with Crippen LogP contribution in [-0.4, -0.2) is 44.9 Å². The Morgan fingerprint density at radius 2 is 2.31 bits per heavy atom. The molecule has 0 aliphatic heterocycles. The number of alkyl halides is 1. The molecule has 2 rings (SSSR count). The van der Waals surface area contributed by atoms with Gasteiger partial charge in [0, 0.05) is 11.1 Å². The van der Waals surface area contributed by atoms with Gasteiger partial charge in [-0.05, 0) is 24.6 Å². The molecule has 3 atom stereocenters. The summed E-state index contributed by atoms with van der Waals surface area (Å²) in [5.74, 6) is 0.122. The number of azide groups is 1. The molecule has 2 aromatic heterocycles. The standard InChI is InChI=1S/C14H16FN5O6/c1-8(22)14(7-21,18-19-16)26-11(5-15)20-6-9(10-3-2-4-25-10)12(23)17-13(20)24/h2-4,6,8,11,21-22H,5,7H2,1H3,(H,17,23,24)/t8-,11-,14-/m1/s1. The molecule has 0 aliphatic carbocycles. The number of aliphatic hydroxyl groups excluding tert-OH is 2. The van der Waals surface area contributed by atoms with Gasteiger partial charge in [0.05, 0.1) is 24.5 Å². The monoisotopic (exact) mass is 369 g/mol. The van der Waals surface area contributed by atoms with Crippen LogP contribution in [0, 0.1) is 0 Å². The highest BCUT2D eigenvalue weighted by Crippen LogP contribution is 2.25. The van der Waals surface area contributed by atoms with Crippen molar-refractivity contribution in [1.82, 2.24) is 9.55 Å². The zero-order chi connectivity index (χ0) is 19.3. The molecular formula is C14H16FN5O6. The Morgan fingerprint density at radius 3 is 2.81 bits per heavy atom. The number of hydrogen-bond donors (Lipinski definition) is 3. The molecule has 140 valence electrons. The Balaban J connectivity index is 2.53. The number of rotatable bonds is 8. The van der Waals surface area contributed by atoms with E-state index in [4.69, 9.17) is 14.7 Å². The molecule has 0 aliphatic rings. The molecule has 0 aromatic carbocycles. The summed E-state index contributed by atoms with van der Waals surface area (Å²) in [4.78, 5) is 28.5. The maximum Gasteiger partial charge on any atom is 0.330 e. The fourth-order valence-corrected chi connectivity index (χ4v) is 2.19. The lowest BCUT2D eigenvalue weighted by atomic mass is 10.1. The molecule has 0 unspecified atom stereocenters. The van der Waals surface area contributed by atoms with Crippen LogP contribution in [0.3, 0.4) is 0 Å². The predicted octanol–water partition coefficient (Wildman–Crippen LogP) is 0.661. The van der Waals surface area contributed by atoms with Crippen molar-refractivity contribution in [1.29, 1.82) is 0 Å². The number of H-pyrrole nitrogens is 1. The van der Waals surface area contributed by atoms with Gasteiger partial charge >= 0.3 is 5.69 Å². The molecule has 0 saturated carbocycles. The summed E-state index contributed by atoms with van der Waals surface area (Å²) in [6.07, 6.45) is -0.926. The van der Waals surface area contributed by atoms with E-state index >= 15 is 0 Å². The van der Waals surface area contributed by atoms with E-state index in [1.807, 2.05) is 4.98 Å². The number of nitrogens with zero attached hydrogens (tertiary/aromatic N) is 4. The van der Waals surface area contributed by atoms with Gasteiger partial charge in [0.25, 0.3) is 5.56 Å². The quantitative estimate of drug-likeness (QED) is 0.351. The first-order valence-electron chi connectivity index (χ1n) is 7.37. The number of ether oxygens (including phenoxy) is 1. The van der Waals surface area contributed by atoms with Crippen LogP contribution in [0.4, 0.5) is 4.39 Å². The highest BCUT2D eigenvalue weighted by atomic mass is 19.1. The smallest absolute Gasteiger partial charge is 0.330 e. The van der Waals surface area contributed by atoms with Gasteiger partial charge in [-0.1, -0.05) is 5.11 Å². The van der Waals surface area contributed by atoms with Crippen molar-refractivity contribution in [3.05, 3.63) is 55.9 Å². The van der Waals surface area contributed by atoms with E-state index in [9.17, 15) is 24.2 Å². The average molecular weight is 369 g/mol. The number of furan rings is 1.